The van der Waals surface area contributed by atoms with E-state index in [1.807, 2.05) is 64.3 Å². The van der Waals surface area contributed by atoms with Crippen LogP contribution in [0, 0.1) is 13.8 Å². The van der Waals surface area contributed by atoms with Gasteiger partial charge < -0.3 is 4.90 Å². The molecule has 0 bridgehead atoms. The minimum absolute atomic E-state index is 0.0136. The second-order valence-electron chi connectivity index (χ2n) is 7.05. The van der Waals surface area contributed by atoms with Crippen LogP contribution in [0.2, 0.25) is 5.02 Å². The molecule has 3 aromatic rings. The molecule has 0 saturated carbocycles. The third-order valence-corrected chi connectivity index (χ3v) is 5.61. The summed E-state index contributed by atoms with van der Waals surface area (Å²) in [5.74, 6) is -0.0136. The van der Waals surface area contributed by atoms with Crippen LogP contribution in [0.5, 0.6) is 0 Å². The number of thiazole rings is 1. The lowest BCUT2D eigenvalue weighted by Crippen LogP contribution is -2.33. The molecule has 0 fully saturated rings. The number of fused-ring (bicyclic) bond motifs is 1. The number of aromatic nitrogens is 1. The van der Waals surface area contributed by atoms with Crippen LogP contribution >= 0.6 is 22.9 Å². The van der Waals surface area contributed by atoms with Crippen molar-refractivity contribution >= 4 is 44.2 Å². The lowest BCUT2D eigenvalue weighted by Gasteiger charge is -2.21. The van der Waals surface area contributed by atoms with E-state index in [0.717, 1.165) is 39.4 Å². The Labute approximate surface area is 169 Å². The minimum Gasteiger partial charge on any atom is -0.309 e. The highest BCUT2D eigenvalue weighted by Crippen LogP contribution is 2.33. The molecule has 0 atom stereocenters. The van der Waals surface area contributed by atoms with Gasteiger partial charge in [-0.2, -0.15) is 0 Å². The highest BCUT2D eigenvalue weighted by atomic mass is 35.5. The van der Waals surface area contributed by atoms with E-state index in [9.17, 15) is 4.79 Å². The van der Waals surface area contributed by atoms with Gasteiger partial charge in [-0.15, -0.1) is 0 Å². The molecule has 0 spiro atoms. The average molecular weight is 402 g/mol. The summed E-state index contributed by atoms with van der Waals surface area (Å²) < 4.78 is 1.00. The molecule has 0 aliphatic heterocycles. The van der Waals surface area contributed by atoms with Gasteiger partial charge in [0.1, 0.15) is 0 Å². The molecule has 0 saturated heterocycles. The normalized spacial score (nSPS) is 11.3. The van der Waals surface area contributed by atoms with Crippen molar-refractivity contribution in [2.75, 3.05) is 32.1 Å². The number of carbonyl (C=O) groups excluding carboxylic acids is 1. The number of amides is 1. The predicted molar refractivity (Wildman–Crippen MR) is 115 cm³/mol. The Kier molecular flexibility index (Phi) is 6.15. The molecule has 1 heterocycles. The van der Waals surface area contributed by atoms with Crippen molar-refractivity contribution in [3.8, 4) is 0 Å². The summed E-state index contributed by atoms with van der Waals surface area (Å²) in [4.78, 5) is 22.0. The molecule has 0 N–H and O–H groups in total. The van der Waals surface area contributed by atoms with E-state index >= 15 is 0 Å². The molecule has 0 radical (unpaired) electrons. The van der Waals surface area contributed by atoms with E-state index in [1.54, 1.807) is 4.90 Å². The number of hydrogen-bond acceptors (Lipinski definition) is 4. The molecular weight excluding hydrogens is 378 g/mol. The molecule has 0 unspecified atom stereocenters. The highest BCUT2D eigenvalue weighted by molar-refractivity contribution is 7.22. The highest BCUT2D eigenvalue weighted by Gasteiger charge is 2.22. The summed E-state index contributed by atoms with van der Waals surface area (Å²) in [6, 6.07) is 11.5. The number of aryl methyl sites for hydroxylation is 2. The predicted octanol–water partition coefficient (Wildman–Crippen LogP) is 5.17. The maximum Gasteiger partial charge on any atom is 0.260 e. The molecule has 1 amide bonds. The molecule has 142 valence electrons. The first-order valence-electron chi connectivity index (χ1n) is 8.95. The summed E-state index contributed by atoms with van der Waals surface area (Å²) in [7, 11) is 4.07. The van der Waals surface area contributed by atoms with Gasteiger partial charge in [-0.05, 0) is 70.7 Å². The second kappa shape index (κ2) is 8.38. The number of carbonyl (C=O) groups is 1. The Morgan fingerprint density at radius 3 is 2.63 bits per heavy atom. The van der Waals surface area contributed by atoms with Crippen molar-refractivity contribution in [3.05, 3.63) is 58.1 Å². The fourth-order valence-corrected chi connectivity index (χ4v) is 4.47. The Balaban J connectivity index is 1.98. The first-order valence-corrected chi connectivity index (χ1v) is 10.1. The summed E-state index contributed by atoms with van der Waals surface area (Å²) in [5, 5.41) is 1.42. The molecule has 1 aromatic heterocycles. The zero-order chi connectivity index (χ0) is 19.6. The SMILES string of the molecule is Cc1cccc(C(=O)N(CCCN(C)C)c2nc3c(C)cc(Cl)cc3s2)c1. The van der Waals surface area contributed by atoms with Crippen LogP contribution in [-0.2, 0) is 0 Å². The Bertz CT molecular complexity index is 967. The van der Waals surface area contributed by atoms with Crippen molar-refractivity contribution in [1.82, 2.24) is 9.88 Å². The Morgan fingerprint density at radius 2 is 1.93 bits per heavy atom. The number of nitrogens with zero attached hydrogens (tertiary/aromatic N) is 3. The van der Waals surface area contributed by atoms with Crippen LogP contribution in [0.4, 0.5) is 5.13 Å². The topological polar surface area (TPSA) is 36.4 Å². The molecule has 3 rings (SSSR count). The summed E-state index contributed by atoms with van der Waals surface area (Å²) >= 11 is 7.72. The quantitative estimate of drug-likeness (QED) is 0.572. The van der Waals surface area contributed by atoms with Crippen molar-refractivity contribution in [2.45, 2.75) is 20.3 Å². The zero-order valence-electron chi connectivity index (χ0n) is 16.1. The average Bonchev–Trinajstić information content (AvgIpc) is 3.02. The van der Waals surface area contributed by atoms with Crippen molar-refractivity contribution in [1.29, 1.82) is 0 Å². The molecule has 27 heavy (non-hydrogen) atoms. The number of hydrogen-bond donors (Lipinski definition) is 0. The van der Waals surface area contributed by atoms with Gasteiger partial charge in [-0.1, -0.05) is 40.6 Å². The van der Waals surface area contributed by atoms with Crippen molar-refractivity contribution in [3.63, 3.8) is 0 Å². The third-order valence-electron chi connectivity index (χ3n) is 4.37. The molecule has 4 nitrogen and oxygen atoms in total. The van der Waals surface area contributed by atoms with Crippen LogP contribution in [0.3, 0.4) is 0 Å². The van der Waals surface area contributed by atoms with E-state index in [1.165, 1.54) is 11.3 Å². The third kappa shape index (κ3) is 4.67. The van der Waals surface area contributed by atoms with Crippen LogP contribution in [0.1, 0.15) is 27.9 Å². The summed E-state index contributed by atoms with van der Waals surface area (Å²) in [6.07, 6.45) is 0.875. The van der Waals surface area contributed by atoms with Crippen molar-refractivity contribution < 1.29 is 4.79 Å². The molecule has 6 heteroatoms. The van der Waals surface area contributed by atoms with Gasteiger partial charge in [-0.3, -0.25) is 9.69 Å². The zero-order valence-corrected chi connectivity index (χ0v) is 17.7. The van der Waals surface area contributed by atoms with E-state index in [4.69, 9.17) is 16.6 Å². The first-order chi connectivity index (χ1) is 12.8. The fourth-order valence-electron chi connectivity index (χ4n) is 3.02. The monoisotopic (exact) mass is 401 g/mol. The van der Waals surface area contributed by atoms with E-state index in [-0.39, 0.29) is 5.91 Å². The lowest BCUT2D eigenvalue weighted by atomic mass is 10.1. The Morgan fingerprint density at radius 1 is 1.15 bits per heavy atom. The van der Waals surface area contributed by atoms with Gasteiger partial charge in [0.05, 0.1) is 10.2 Å². The summed E-state index contributed by atoms with van der Waals surface area (Å²) in [5.41, 5.74) is 3.69. The van der Waals surface area contributed by atoms with Gasteiger partial charge in [0.2, 0.25) is 0 Å². The van der Waals surface area contributed by atoms with Gasteiger partial charge >= 0.3 is 0 Å². The maximum absolute atomic E-state index is 13.3. The molecule has 0 aliphatic rings. The van der Waals surface area contributed by atoms with Gasteiger partial charge in [0.25, 0.3) is 5.91 Å². The first kappa shape index (κ1) is 19.8. The number of rotatable bonds is 6. The molecule has 0 aliphatic carbocycles. The molecular formula is C21H24ClN3OS. The van der Waals surface area contributed by atoms with Gasteiger partial charge in [0.15, 0.2) is 5.13 Å². The van der Waals surface area contributed by atoms with Crippen molar-refractivity contribution in [2.24, 2.45) is 0 Å². The Hall–Kier alpha value is -1.95. The maximum atomic E-state index is 13.3. The fraction of sp³-hybridized carbons (Fsp3) is 0.333. The van der Waals surface area contributed by atoms with E-state index < -0.39 is 0 Å². The molecule has 2 aromatic carbocycles. The number of halogens is 1. The summed E-state index contributed by atoms with van der Waals surface area (Å²) in [6.45, 7) is 5.53. The van der Waals surface area contributed by atoms with Crippen LogP contribution in [0.15, 0.2) is 36.4 Å². The number of benzene rings is 2. The van der Waals surface area contributed by atoms with Crippen LogP contribution in [-0.4, -0.2) is 43.0 Å². The standard InChI is InChI=1S/C21H24ClN3OS/c1-14-7-5-8-16(11-14)20(26)25(10-6-9-24(3)4)21-23-19-15(2)12-17(22)13-18(19)27-21/h5,7-8,11-13H,6,9-10H2,1-4H3. The smallest absolute Gasteiger partial charge is 0.260 e. The van der Waals surface area contributed by atoms with Crippen LogP contribution < -0.4 is 4.90 Å². The second-order valence-corrected chi connectivity index (χ2v) is 8.49. The number of anilines is 1. The minimum atomic E-state index is -0.0136. The lowest BCUT2D eigenvalue weighted by molar-refractivity contribution is 0.0986. The van der Waals surface area contributed by atoms with Gasteiger partial charge in [-0.25, -0.2) is 4.98 Å². The largest absolute Gasteiger partial charge is 0.309 e. The van der Waals surface area contributed by atoms with Crippen LogP contribution in [0.25, 0.3) is 10.2 Å². The van der Waals surface area contributed by atoms with E-state index in [0.29, 0.717) is 17.1 Å². The van der Waals surface area contributed by atoms with E-state index in [2.05, 4.69) is 4.90 Å². The van der Waals surface area contributed by atoms with Gasteiger partial charge in [0, 0.05) is 17.1 Å².